The molecule has 0 saturated heterocycles. The summed E-state index contributed by atoms with van der Waals surface area (Å²) in [6, 6.07) is 16.8. The summed E-state index contributed by atoms with van der Waals surface area (Å²) in [4.78, 5) is 12.2. The summed E-state index contributed by atoms with van der Waals surface area (Å²) in [5, 5.41) is 2.98. The van der Waals surface area contributed by atoms with Gasteiger partial charge in [0.1, 0.15) is 11.8 Å². The van der Waals surface area contributed by atoms with Gasteiger partial charge in [0, 0.05) is 6.04 Å². The summed E-state index contributed by atoms with van der Waals surface area (Å²) in [7, 11) is 1.66. The maximum Gasteiger partial charge on any atom is 0.241 e. The van der Waals surface area contributed by atoms with Crippen LogP contribution in [0.1, 0.15) is 30.5 Å². The minimum atomic E-state index is -0.625. The number of hydrogen-bond acceptors (Lipinski definition) is 3. The molecule has 0 aliphatic carbocycles. The second-order valence-corrected chi connectivity index (χ2v) is 5.68. The lowest BCUT2D eigenvalue weighted by molar-refractivity contribution is -0.123. The topological polar surface area (TPSA) is 64.3 Å². The van der Waals surface area contributed by atoms with Crippen molar-refractivity contribution >= 4 is 5.91 Å². The highest BCUT2D eigenvalue weighted by molar-refractivity contribution is 5.83. The van der Waals surface area contributed by atoms with Crippen LogP contribution in [0.15, 0.2) is 54.6 Å². The van der Waals surface area contributed by atoms with Crippen molar-refractivity contribution in [3.05, 3.63) is 65.7 Å². The first kappa shape index (κ1) is 17.0. The highest BCUT2D eigenvalue weighted by Crippen LogP contribution is 2.14. The quantitative estimate of drug-likeness (QED) is 0.826. The van der Waals surface area contributed by atoms with Gasteiger partial charge in [-0.05, 0) is 43.0 Å². The Bertz CT molecular complexity index is 611. The highest BCUT2D eigenvalue weighted by atomic mass is 16.5. The van der Waals surface area contributed by atoms with Gasteiger partial charge in [-0.2, -0.15) is 0 Å². The van der Waals surface area contributed by atoms with Gasteiger partial charge in [-0.15, -0.1) is 0 Å². The second-order valence-electron chi connectivity index (χ2n) is 5.68. The van der Waals surface area contributed by atoms with Crippen molar-refractivity contribution in [1.82, 2.24) is 5.32 Å². The Morgan fingerprint density at radius 3 is 2.39 bits per heavy atom. The zero-order valence-electron chi connectivity index (χ0n) is 13.7. The van der Waals surface area contributed by atoms with Crippen molar-refractivity contribution in [3.8, 4) is 5.75 Å². The van der Waals surface area contributed by atoms with Gasteiger partial charge in [-0.1, -0.05) is 42.5 Å². The average molecular weight is 312 g/mol. The molecule has 4 heteroatoms. The standard InChI is InChI=1S/C19H24N2O2/c1-14(8-9-15-10-12-17(23-2)13-11-15)21-19(22)18(20)16-6-4-3-5-7-16/h3-7,10-14,18H,8-9,20H2,1-2H3,(H,21,22). The molecule has 0 fully saturated rings. The second kappa shape index (κ2) is 8.34. The van der Waals surface area contributed by atoms with Crippen LogP contribution in [0.5, 0.6) is 5.75 Å². The Morgan fingerprint density at radius 2 is 1.78 bits per heavy atom. The molecule has 1 amide bonds. The molecule has 0 heterocycles. The fourth-order valence-electron chi connectivity index (χ4n) is 2.39. The van der Waals surface area contributed by atoms with Gasteiger partial charge in [-0.3, -0.25) is 4.79 Å². The average Bonchev–Trinajstić information content (AvgIpc) is 2.60. The lowest BCUT2D eigenvalue weighted by atomic mass is 10.0. The highest BCUT2D eigenvalue weighted by Gasteiger charge is 2.17. The van der Waals surface area contributed by atoms with Crippen LogP contribution in [-0.2, 0) is 11.2 Å². The van der Waals surface area contributed by atoms with E-state index in [1.165, 1.54) is 5.56 Å². The molecule has 23 heavy (non-hydrogen) atoms. The predicted octanol–water partition coefficient (Wildman–Crippen LogP) is 2.83. The molecule has 2 atom stereocenters. The summed E-state index contributed by atoms with van der Waals surface area (Å²) in [5.74, 6) is 0.711. The fraction of sp³-hybridized carbons (Fsp3) is 0.316. The van der Waals surface area contributed by atoms with Crippen LogP contribution in [-0.4, -0.2) is 19.1 Å². The number of hydrogen-bond donors (Lipinski definition) is 2. The van der Waals surface area contributed by atoms with Gasteiger partial charge in [0.2, 0.25) is 5.91 Å². The van der Waals surface area contributed by atoms with Gasteiger partial charge >= 0.3 is 0 Å². The molecular formula is C19H24N2O2. The molecular weight excluding hydrogens is 288 g/mol. The smallest absolute Gasteiger partial charge is 0.241 e. The molecule has 0 spiro atoms. The predicted molar refractivity (Wildman–Crippen MR) is 92.3 cm³/mol. The van der Waals surface area contributed by atoms with E-state index in [1.54, 1.807) is 7.11 Å². The number of aryl methyl sites for hydroxylation is 1. The molecule has 0 aliphatic heterocycles. The van der Waals surface area contributed by atoms with E-state index in [-0.39, 0.29) is 11.9 Å². The monoisotopic (exact) mass is 312 g/mol. The third-order valence-electron chi connectivity index (χ3n) is 3.85. The van der Waals surface area contributed by atoms with Gasteiger partial charge in [0.05, 0.1) is 7.11 Å². The summed E-state index contributed by atoms with van der Waals surface area (Å²) in [6.45, 7) is 2.00. The van der Waals surface area contributed by atoms with Gasteiger partial charge in [0.15, 0.2) is 0 Å². The summed E-state index contributed by atoms with van der Waals surface area (Å²) >= 11 is 0. The molecule has 122 valence electrons. The van der Waals surface area contributed by atoms with Crippen molar-refractivity contribution in [3.63, 3.8) is 0 Å². The molecule has 2 unspecified atom stereocenters. The van der Waals surface area contributed by atoms with Crippen LogP contribution < -0.4 is 15.8 Å². The Hall–Kier alpha value is -2.33. The molecule has 2 rings (SSSR count). The Kier molecular flexibility index (Phi) is 6.18. The number of amides is 1. The van der Waals surface area contributed by atoms with E-state index < -0.39 is 6.04 Å². The van der Waals surface area contributed by atoms with E-state index in [4.69, 9.17) is 10.5 Å². The van der Waals surface area contributed by atoms with Crippen LogP contribution in [0.4, 0.5) is 0 Å². The Balaban J connectivity index is 1.81. The first-order chi connectivity index (χ1) is 11.1. The number of benzene rings is 2. The normalized spacial score (nSPS) is 13.2. The molecule has 0 bridgehead atoms. The number of carbonyl (C=O) groups is 1. The lowest BCUT2D eigenvalue weighted by Crippen LogP contribution is -2.39. The number of carbonyl (C=O) groups excluding carboxylic acids is 1. The Morgan fingerprint density at radius 1 is 1.13 bits per heavy atom. The largest absolute Gasteiger partial charge is 0.497 e. The van der Waals surface area contributed by atoms with Gasteiger partial charge in [0.25, 0.3) is 0 Å². The Labute approximate surface area is 137 Å². The number of rotatable bonds is 7. The van der Waals surface area contributed by atoms with E-state index in [9.17, 15) is 4.79 Å². The zero-order chi connectivity index (χ0) is 16.7. The van der Waals surface area contributed by atoms with Crippen molar-refractivity contribution in [2.24, 2.45) is 5.73 Å². The van der Waals surface area contributed by atoms with Crippen molar-refractivity contribution in [1.29, 1.82) is 0 Å². The van der Waals surface area contributed by atoms with Crippen molar-refractivity contribution in [2.45, 2.75) is 31.8 Å². The minimum Gasteiger partial charge on any atom is -0.497 e. The minimum absolute atomic E-state index is 0.0689. The first-order valence-corrected chi connectivity index (χ1v) is 7.84. The van der Waals surface area contributed by atoms with E-state index >= 15 is 0 Å². The van der Waals surface area contributed by atoms with Crippen molar-refractivity contribution in [2.75, 3.05) is 7.11 Å². The molecule has 0 aliphatic rings. The maximum atomic E-state index is 12.2. The molecule has 4 nitrogen and oxygen atoms in total. The van der Waals surface area contributed by atoms with Gasteiger partial charge in [-0.25, -0.2) is 0 Å². The molecule has 2 aromatic carbocycles. The number of nitrogens with one attached hydrogen (secondary N) is 1. The molecule has 0 aromatic heterocycles. The van der Waals surface area contributed by atoms with E-state index in [1.807, 2.05) is 61.5 Å². The maximum absolute atomic E-state index is 12.2. The SMILES string of the molecule is COc1ccc(CCC(C)NC(=O)C(N)c2ccccc2)cc1. The van der Waals surface area contributed by atoms with Crippen LogP contribution in [0.25, 0.3) is 0 Å². The number of methoxy groups -OCH3 is 1. The molecule has 2 aromatic rings. The zero-order valence-corrected chi connectivity index (χ0v) is 13.7. The van der Waals surface area contributed by atoms with Crippen molar-refractivity contribution < 1.29 is 9.53 Å². The molecule has 0 saturated carbocycles. The fourth-order valence-corrected chi connectivity index (χ4v) is 2.39. The summed E-state index contributed by atoms with van der Waals surface area (Å²) in [6.07, 6.45) is 1.76. The molecule has 3 N–H and O–H groups in total. The number of ether oxygens (including phenoxy) is 1. The lowest BCUT2D eigenvalue weighted by Gasteiger charge is -2.18. The summed E-state index contributed by atoms with van der Waals surface area (Å²) < 4.78 is 5.14. The number of nitrogens with two attached hydrogens (primary N) is 1. The molecule has 0 radical (unpaired) electrons. The first-order valence-electron chi connectivity index (χ1n) is 7.84. The van der Waals surface area contributed by atoms with E-state index in [0.29, 0.717) is 0 Å². The van der Waals surface area contributed by atoms with Crippen LogP contribution in [0.3, 0.4) is 0 Å². The van der Waals surface area contributed by atoms with Crippen LogP contribution >= 0.6 is 0 Å². The third kappa shape index (κ3) is 5.11. The van der Waals surface area contributed by atoms with Gasteiger partial charge < -0.3 is 15.8 Å². The van der Waals surface area contributed by atoms with E-state index in [2.05, 4.69) is 5.32 Å². The van der Waals surface area contributed by atoms with E-state index in [0.717, 1.165) is 24.2 Å². The van der Waals surface area contributed by atoms with Crippen LogP contribution in [0, 0.1) is 0 Å². The third-order valence-corrected chi connectivity index (χ3v) is 3.85. The summed E-state index contributed by atoms with van der Waals surface area (Å²) in [5.41, 5.74) is 8.05. The van der Waals surface area contributed by atoms with Crippen LogP contribution in [0.2, 0.25) is 0 Å².